The lowest BCUT2D eigenvalue weighted by molar-refractivity contribution is -0.137. The van der Waals surface area contributed by atoms with Gasteiger partial charge in [0, 0.05) is 44.8 Å². The number of allylic oxidation sites excluding steroid dienone is 2. The van der Waals surface area contributed by atoms with E-state index in [1.807, 2.05) is 30.3 Å². The molecule has 0 saturated carbocycles. The number of hydrogen-bond acceptors (Lipinski definition) is 5. The quantitative estimate of drug-likeness (QED) is 0.652. The van der Waals surface area contributed by atoms with Crippen LogP contribution in [0.3, 0.4) is 0 Å². The largest absolute Gasteiger partial charge is 0.481 e. The van der Waals surface area contributed by atoms with Crippen molar-refractivity contribution in [1.29, 1.82) is 0 Å². The third kappa shape index (κ3) is 3.78. The average Bonchev–Trinajstić information content (AvgIpc) is 3.13. The Morgan fingerprint density at radius 1 is 1.37 bits per heavy atom. The SMILES string of the molecule is CC12C[C]([AlH2])=CC(S(C)(=O)=O)=C1C(Sc1ccc(Cl)cc1)=C1C(CC(=O)O)CCN12. The van der Waals surface area contributed by atoms with E-state index >= 15 is 0 Å². The minimum atomic E-state index is -3.44. The molecule has 1 fully saturated rings. The number of nitrogens with zero attached hydrogens (tertiary/aromatic N) is 1. The van der Waals surface area contributed by atoms with E-state index in [1.54, 1.807) is 0 Å². The summed E-state index contributed by atoms with van der Waals surface area (Å²) in [5, 5.41) is 10.1. The Bertz CT molecular complexity index is 1120. The van der Waals surface area contributed by atoms with Crippen molar-refractivity contribution in [3.63, 3.8) is 0 Å². The fourth-order valence-corrected chi connectivity index (χ4v) is 8.77. The van der Waals surface area contributed by atoms with Crippen LogP contribution in [0.15, 0.2) is 60.8 Å². The highest BCUT2D eigenvalue weighted by atomic mass is 35.5. The monoisotopic (exact) mass is 479 g/mol. The van der Waals surface area contributed by atoms with Crippen molar-refractivity contribution in [3.8, 4) is 0 Å². The van der Waals surface area contributed by atoms with Crippen molar-refractivity contribution < 1.29 is 18.3 Å². The Balaban J connectivity index is 1.96. The molecular formula is C21H23AlClNO4S2. The van der Waals surface area contributed by atoms with Crippen LogP contribution in [-0.4, -0.2) is 59.0 Å². The third-order valence-corrected chi connectivity index (χ3v) is 9.21. The van der Waals surface area contributed by atoms with Crippen LogP contribution in [0.2, 0.25) is 5.02 Å². The summed E-state index contributed by atoms with van der Waals surface area (Å²) in [4.78, 5) is 16.1. The van der Waals surface area contributed by atoms with E-state index in [0.717, 1.165) is 61.2 Å². The van der Waals surface area contributed by atoms with Crippen molar-refractivity contribution in [2.24, 2.45) is 5.92 Å². The Hall–Kier alpha value is -1.17. The topological polar surface area (TPSA) is 74.7 Å². The highest BCUT2D eigenvalue weighted by Crippen LogP contribution is 2.58. The number of fused-ring (bicyclic) bond motifs is 3. The molecule has 0 aromatic heterocycles. The molecule has 4 rings (SSSR count). The summed E-state index contributed by atoms with van der Waals surface area (Å²) < 4.78 is 26.7. The molecule has 0 radical (unpaired) electrons. The maximum Gasteiger partial charge on any atom is 0.304 e. The molecule has 1 aromatic rings. The molecule has 0 spiro atoms. The van der Waals surface area contributed by atoms with Gasteiger partial charge in [0.25, 0.3) is 16.3 Å². The minimum Gasteiger partial charge on any atom is -0.481 e. The molecule has 2 aliphatic heterocycles. The summed E-state index contributed by atoms with van der Waals surface area (Å²) in [5.74, 6) is -0.949. The molecule has 1 aliphatic carbocycles. The standard InChI is InChI=1S/C21H21ClNO4S2.Al.2H/c1-21-10-3-4-16(29(2,26)27)18(21)20(28-15-7-5-14(22)6-8-15)19-13(12-17(24)25)9-11-23(19)21;;;/h4-8,13H,9-12H2,1-2H3,(H,24,25);;;. The summed E-state index contributed by atoms with van der Waals surface area (Å²) in [5.41, 5.74) is 1.36. The average molecular weight is 480 g/mol. The lowest BCUT2D eigenvalue weighted by atomic mass is 9.85. The van der Waals surface area contributed by atoms with Gasteiger partial charge in [0.1, 0.15) is 0 Å². The summed E-state index contributed by atoms with van der Waals surface area (Å²) in [7, 11) is -3.44. The van der Waals surface area contributed by atoms with Gasteiger partial charge in [0.2, 0.25) is 0 Å². The maximum absolute atomic E-state index is 12.8. The number of aliphatic carboxylic acids is 1. The molecule has 3 aliphatic rings. The molecule has 2 atom stereocenters. The number of sulfone groups is 1. The van der Waals surface area contributed by atoms with Gasteiger partial charge >= 0.3 is 5.97 Å². The molecular weight excluding hydrogens is 457 g/mol. The fourth-order valence-electron chi connectivity index (χ4n) is 4.97. The Kier molecular flexibility index (Phi) is 5.70. The van der Waals surface area contributed by atoms with E-state index < -0.39 is 21.3 Å². The van der Waals surface area contributed by atoms with Gasteiger partial charge in [-0.1, -0.05) is 29.4 Å². The van der Waals surface area contributed by atoms with Crippen molar-refractivity contribution >= 4 is 55.5 Å². The number of carboxylic acid groups (broad SMARTS) is 1. The highest BCUT2D eigenvalue weighted by molar-refractivity contribution is 8.03. The normalized spacial score (nSPS) is 26.0. The molecule has 9 heteroatoms. The lowest BCUT2D eigenvalue weighted by Crippen LogP contribution is -2.44. The number of halogens is 1. The number of carboxylic acids is 1. The second-order valence-electron chi connectivity index (χ2n) is 8.46. The number of rotatable bonds is 5. The zero-order chi connectivity index (χ0) is 21.8. The maximum atomic E-state index is 12.8. The Morgan fingerprint density at radius 2 is 2.03 bits per heavy atom. The zero-order valence-electron chi connectivity index (χ0n) is 17.1. The first-order valence-corrected chi connectivity index (χ1v) is 13.9. The molecule has 1 N–H and O–H groups in total. The van der Waals surface area contributed by atoms with E-state index in [2.05, 4.69) is 11.8 Å². The molecule has 1 aromatic carbocycles. The van der Waals surface area contributed by atoms with Crippen LogP contribution in [0, 0.1) is 5.92 Å². The highest BCUT2D eigenvalue weighted by Gasteiger charge is 2.53. The van der Waals surface area contributed by atoms with Crippen LogP contribution in [0.25, 0.3) is 0 Å². The molecule has 0 bridgehead atoms. The summed E-state index contributed by atoms with van der Waals surface area (Å²) in [6.45, 7) is 2.85. The Labute approximate surface area is 194 Å². The van der Waals surface area contributed by atoms with Crippen molar-refractivity contribution in [2.75, 3.05) is 12.8 Å². The molecule has 158 valence electrons. The van der Waals surface area contributed by atoms with Crippen LogP contribution in [0.1, 0.15) is 26.2 Å². The summed E-state index contributed by atoms with van der Waals surface area (Å²) in [6.07, 6.45) is 4.70. The second-order valence-corrected chi connectivity index (χ2v) is 13.2. The van der Waals surface area contributed by atoms with Gasteiger partial charge in [-0.3, -0.25) is 4.79 Å². The van der Waals surface area contributed by atoms with Gasteiger partial charge in [-0.2, -0.15) is 0 Å². The van der Waals surface area contributed by atoms with Crippen LogP contribution in [-0.2, 0) is 14.6 Å². The first-order valence-electron chi connectivity index (χ1n) is 9.80. The van der Waals surface area contributed by atoms with E-state index in [1.165, 1.54) is 18.0 Å². The molecule has 0 amide bonds. The van der Waals surface area contributed by atoms with Crippen LogP contribution in [0.5, 0.6) is 0 Å². The molecule has 2 unspecified atom stereocenters. The molecule has 1 saturated heterocycles. The third-order valence-electron chi connectivity index (χ3n) is 6.07. The lowest BCUT2D eigenvalue weighted by Gasteiger charge is -2.41. The van der Waals surface area contributed by atoms with Gasteiger partial charge in [0.05, 0.1) is 16.9 Å². The summed E-state index contributed by atoms with van der Waals surface area (Å²) >= 11 is 8.35. The number of carbonyl (C=O) groups is 1. The van der Waals surface area contributed by atoms with Crippen molar-refractivity contribution in [2.45, 2.75) is 36.6 Å². The van der Waals surface area contributed by atoms with E-state index in [9.17, 15) is 18.3 Å². The van der Waals surface area contributed by atoms with Gasteiger partial charge < -0.3 is 10.0 Å². The van der Waals surface area contributed by atoms with Crippen molar-refractivity contribution in [1.82, 2.24) is 4.90 Å². The van der Waals surface area contributed by atoms with Crippen LogP contribution < -0.4 is 0 Å². The molecule has 5 nitrogen and oxygen atoms in total. The fraction of sp³-hybridized carbons (Fsp3) is 0.381. The second kappa shape index (κ2) is 7.76. The van der Waals surface area contributed by atoms with Gasteiger partial charge in [-0.25, -0.2) is 8.42 Å². The first kappa shape index (κ1) is 22.0. The number of benzene rings is 1. The number of thioether (sulfide) groups is 1. The van der Waals surface area contributed by atoms with Gasteiger partial charge in [-0.05, 0) is 44.0 Å². The predicted octanol–water partition coefficient (Wildman–Crippen LogP) is 3.43. The van der Waals surface area contributed by atoms with Crippen LogP contribution >= 0.6 is 23.4 Å². The predicted molar refractivity (Wildman–Crippen MR) is 123 cm³/mol. The number of hydrogen-bond donors (Lipinski definition) is 1. The Morgan fingerprint density at radius 3 is 2.63 bits per heavy atom. The van der Waals surface area contributed by atoms with E-state index in [4.69, 9.17) is 11.6 Å². The molecule has 30 heavy (non-hydrogen) atoms. The van der Waals surface area contributed by atoms with E-state index in [0.29, 0.717) is 9.93 Å². The first-order chi connectivity index (χ1) is 14.0. The van der Waals surface area contributed by atoms with Gasteiger partial charge in [-0.15, -0.1) is 4.44 Å². The van der Waals surface area contributed by atoms with Crippen molar-refractivity contribution in [3.05, 3.63) is 60.9 Å². The minimum absolute atomic E-state index is 0.0508. The smallest absolute Gasteiger partial charge is 0.304 e. The zero-order valence-corrected chi connectivity index (χ0v) is 21.5. The van der Waals surface area contributed by atoms with E-state index in [-0.39, 0.29) is 12.3 Å². The van der Waals surface area contributed by atoms with Gasteiger partial charge in [0.15, 0.2) is 9.84 Å². The molecule has 2 heterocycles. The van der Waals surface area contributed by atoms with Crippen LogP contribution in [0.4, 0.5) is 0 Å². The summed E-state index contributed by atoms with van der Waals surface area (Å²) in [6, 6.07) is 7.46.